The third-order valence-electron chi connectivity index (χ3n) is 5.11. The normalized spacial score (nSPS) is 18.0. The Bertz CT molecular complexity index is 824. The van der Waals surface area contributed by atoms with Crippen LogP contribution in [0.2, 0.25) is 0 Å². The molecule has 1 atom stereocenters. The van der Waals surface area contributed by atoms with Crippen LogP contribution in [0.25, 0.3) is 10.2 Å². The number of fused-ring (bicyclic) bond motifs is 1. The molecule has 2 aromatic rings. The number of nitrogens with one attached hydrogen (secondary N) is 1. The third kappa shape index (κ3) is 3.93. The van der Waals surface area contributed by atoms with Gasteiger partial charge in [0.25, 0.3) is 5.56 Å². The van der Waals surface area contributed by atoms with E-state index in [1.54, 1.807) is 0 Å². The van der Waals surface area contributed by atoms with Gasteiger partial charge in [-0.3, -0.25) is 9.59 Å². The summed E-state index contributed by atoms with van der Waals surface area (Å²) >= 11 is 1.54. The molecule has 7 heteroatoms. The molecule has 3 N–H and O–H groups in total. The quantitative estimate of drug-likeness (QED) is 0.852. The average Bonchev–Trinajstić information content (AvgIpc) is 2.88. The van der Waals surface area contributed by atoms with E-state index in [1.165, 1.54) is 11.3 Å². The van der Waals surface area contributed by atoms with Crippen LogP contribution in [0.4, 0.5) is 0 Å². The number of piperidine rings is 1. The Hall–Kier alpha value is -1.73. The van der Waals surface area contributed by atoms with E-state index in [0.29, 0.717) is 36.5 Å². The molecule has 1 amide bonds. The van der Waals surface area contributed by atoms with E-state index in [0.717, 1.165) is 47.6 Å². The van der Waals surface area contributed by atoms with Gasteiger partial charge < -0.3 is 15.6 Å². The number of likely N-dealkylation sites (tertiary alicyclic amines) is 1. The predicted molar refractivity (Wildman–Crippen MR) is 101 cm³/mol. The lowest BCUT2D eigenvalue weighted by molar-refractivity contribution is -0.133. The lowest BCUT2D eigenvalue weighted by atomic mass is 9.94. The zero-order chi connectivity index (χ0) is 18.0. The minimum absolute atomic E-state index is 0.102. The molecule has 0 radical (unpaired) electrons. The number of nitrogens with zero attached hydrogens (tertiary/aromatic N) is 2. The van der Waals surface area contributed by atoms with Crippen molar-refractivity contribution in [1.29, 1.82) is 0 Å². The molecule has 0 spiro atoms. The van der Waals surface area contributed by atoms with E-state index in [-0.39, 0.29) is 11.5 Å². The monoisotopic (exact) mass is 362 g/mol. The Kier molecular flexibility index (Phi) is 5.54. The number of amides is 1. The highest BCUT2D eigenvalue weighted by molar-refractivity contribution is 7.18. The summed E-state index contributed by atoms with van der Waals surface area (Å²) in [5.74, 6) is 1.26. The first kappa shape index (κ1) is 18.1. The van der Waals surface area contributed by atoms with E-state index < -0.39 is 0 Å². The van der Waals surface area contributed by atoms with Crippen molar-refractivity contribution in [3.05, 3.63) is 26.6 Å². The Morgan fingerprint density at radius 3 is 3.00 bits per heavy atom. The first-order chi connectivity index (χ1) is 12.0. The van der Waals surface area contributed by atoms with Crippen molar-refractivity contribution in [3.8, 4) is 0 Å². The number of carbonyl (C=O) groups excluding carboxylic acids is 1. The molecule has 0 bridgehead atoms. The van der Waals surface area contributed by atoms with Gasteiger partial charge in [-0.1, -0.05) is 0 Å². The number of carbonyl (C=O) groups is 1. The van der Waals surface area contributed by atoms with Gasteiger partial charge in [0.15, 0.2) is 0 Å². The third-order valence-corrected chi connectivity index (χ3v) is 6.21. The maximum atomic E-state index is 12.5. The molecule has 1 fully saturated rings. The Labute approximate surface area is 151 Å². The molecular weight excluding hydrogens is 336 g/mol. The van der Waals surface area contributed by atoms with Gasteiger partial charge in [0.1, 0.15) is 10.7 Å². The maximum Gasteiger partial charge on any atom is 0.259 e. The molecule has 3 heterocycles. The van der Waals surface area contributed by atoms with Crippen molar-refractivity contribution in [2.75, 3.05) is 19.6 Å². The maximum absolute atomic E-state index is 12.5. The number of rotatable bonds is 5. The fourth-order valence-corrected chi connectivity index (χ4v) is 4.61. The van der Waals surface area contributed by atoms with Gasteiger partial charge in [-0.25, -0.2) is 4.98 Å². The largest absolute Gasteiger partial charge is 0.342 e. The van der Waals surface area contributed by atoms with Crippen LogP contribution in [0, 0.1) is 19.8 Å². The van der Waals surface area contributed by atoms with E-state index >= 15 is 0 Å². The number of H-pyrrole nitrogens is 1. The number of aryl methyl sites for hydroxylation is 3. The second-order valence-electron chi connectivity index (χ2n) is 6.90. The minimum Gasteiger partial charge on any atom is -0.342 e. The van der Waals surface area contributed by atoms with Crippen LogP contribution < -0.4 is 11.3 Å². The van der Waals surface area contributed by atoms with E-state index in [4.69, 9.17) is 5.73 Å². The second-order valence-corrected chi connectivity index (χ2v) is 8.10. The first-order valence-electron chi connectivity index (χ1n) is 8.96. The summed E-state index contributed by atoms with van der Waals surface area (Å²) in [6.07, 6.45) is 4.03. The number of hydrogen-bond donors (Lipinski definition) is 2. The molecule has 0 aliphatic carbocycles. The standard InChI is InChI=1S/C18H26N4O2S/c1-11-12(2)25-18-16(11)17(24)20-14(21-18)5-6-15(23)22-9-3-4-13(10-22)7-8-19/h13H,3-10,19H2,1-2H3,(H,20,21,24). The number of aromatic nitrogens is 2. The SMILES string of the molecule is Cc1sc2nc(CCC(=O)N3CCCC(CCN)C3)[nH]c(=O)c2c1C. The van der Waals surface area contributed by atoms with Crippen LogP contribution in [-0.2, 0) is 11.2 Å². The molecule has 6 nitrogen and oxygen atoms in total. The fraction of sp³-hybridized carbons (Fsp3) is 0.611. The molecule has 1 unspecified atom stereocenters. The Balaban J connectivity index is 1.66. The van der Waals surface area contributed by atoms with Gasteiger partial charge >= 0.3 is 0 Å². The highest BCUT2D eigenvalue weighted by atomic mass is 32.1. The zero-order valence-corrected chi connectivity index (χ0v) is 15.7. The molecular formula is C18H26N4O2S. The molecule has 1 aliphatic heterocycles. The highest BCUT2D eigenvalue weighted by Crippen LogP contribution is 2.26. The van der Waals surface area contributed by atoms with Crippen molar-refractivity contribution in [3.63, 3.8) is 0 Å². The summed E-state index contributed by atoms with van der Waals surface area (Å²) in [7, 11) is 0. The van der Waals surface area contributed by atoms with E-state index in [2.05, 4.69) is 9.97 Å². The molecule has 136 valence electrons. The fourth-order valence-electron chi connectivity index (χ4n) is 3.56. The van der Waals surface area contributed by atoms with Crippen molar-refractivity contribution in [1.82, 2.24) is 14.9 Å². The molecule has 1 aliphatic rings. The zero-order valence-electron chi connectivity index (χ0n) is 14.9. The van der Waals surface area contributed by atoms with Crippen LogP contribution in [0.15, 0.2) is 4.79 Å². The summed E-state index contributed by atoms with van der Waals surface area (Å²) in [5, 5.41) is 0.679. The summed E-state index contributed by atoms with van der Waals surface area (Å²) < 4.78 is 0. The van der Waals surface area contributed by atoms with Gasteiger partial charge in [0.2, 0.25) is 5.91 Å². The van der Waals surface area contributed by atoms with Crippen LogP contribution >= 0.6 is 11.3 Å². The number of nitrogens with two attached hydrogens (primary N) is 1. The van der Waals surface area contributed by atoms with Gasteiger partial charge in [0.05, 0.1) is 5.39 Å². The Morgan fingerprint density at radius 1 is 1.44 bits per heavy atom. The van der Waals surface area contributed by atoms with E-state index in [1.807, 2.05) is 18.7 Å². The van der Waals surface area contributed by atoms with Crippen LogP contribution in [0.1, 0.15) is 41.9 Å². The predicted octanol–water partition coefficient (Wildman–Crippen LogP) is 2.12. The summed E-state index contributed by atoms with van der Waals surface area (Å²) in [4.78, 5) is 36.0. The van der Waals surface area contributed by atoms with Crippen molar-refractivity contribution in [2.45, 2.75) is 46.0 Å². The molecule has 3 rings (SSSR count). The van der Waals surface area contributed by atoms with Gasteiger partial charge in [-0.2, -0.15) is 0 Å². The smallest absolute Gasteiger partial charge is 0.259 e. The van der Waals surface area contributed by atoms with Crippen molar-refractivity contribution < 1.29 is 4.79 Å². The average molecular weight is 362 g/mol. The molecule has 25 heavy (non-hydrogen) atoms. The summed E-state index contributed by atoms with van der Waals surface area (Å²) in [5.41, 5.74) is 6.54. The van der Waals surface area contributed by atoms with Crippen LogP contribution in [-0.4, -0.2) is 40.4 Å². The van der Waals surface area contributed by atoms with Crippen molar-refractivity contribution in [2.24, 2.45) is 11.7 Å². The highest BCUT2D eigenvalue weighted by Gasteiger charge is 2.23. The van der Waals surface area contributed by atoms with Crippen LogP contribution in [0.3, 0.4) is 0 Å². The first-order valence-corrected chi connectivity index (χ1v) is 9.78. The molecule has 2 aromatic heterocycles. The number of thiophene rings is 1. The Morgan fingerprint density at radius 2 is 2.24 bits per heavy atom. The van der Waals surface area contributed by atoms with E-state index in [9.17, 15) is 9.59 Å². The molecule has 0 aromatic carbocycles. The van der Waals surface area contributed by atoms with Gasteiger partial charge in [0, 0.05) is 30.8 Å². The molecule has 0 saturated carbocycles. The lowest BCUT2D eigenvalue weighted by Gasteiger charge is -2.32. The summed E-state index contributed by atoms with van der Waals surface area (Å²) in [6.45, 7) is 6.26. The number of aromatic amines is 1. The summed E-state index contributed by atoms with van der Waals surface area (Å²) in [6, 6.07) is 0. The van der Waals surface area contributed by atoms with Gasteiger partial charge in [-0.05, 0) is 51.1 Å². The van der Waals surface area contributed by atoms with Crippen molar-refractivity contribution >= 4 is 27.5 Å². The topological polar surface area (TPSA) is 92.1 Å². The van der Waals surface area contributed by atoms with Gasteiger partial charge in [-0.15, -0.1) is 11.3 Å². The number of hydrogen-bond acceptors (Lipinski definition) is 5. The second kappa shape index (κ2) is 7.66. The lowest BCUT2D eigenvalue weighted by Crippen LogP contribution is -2.40. The minimum atomic E-state index is -0.102. The molecule has 1 saturated heterocycles. The van der Waals surface area contributed by atoms with Crippen LogP contribution in [0.5, 0.6) is 0 Å².